The third kappa shape index (κ3) is 6.40. The number of pyridine rings is 1. The Hall–Kier alpha value is -4.65. The number of carbonyl (C=O) groups excluding carboxylic acids is 2. The number of benzene rings is 2. The number of halogens is 3. The number of aromatic nitrogens is 2. The van der Waals surface area contributed by atoms with E-state index in [-0.39, 0.29) is 52.5 Å². The highest BCUT2D eigenvalue weighted by Gasteiger charge is 2.33. The minimum absolute atomic E-state index is 0.0319. The molecule has 41 heavy (non-hydrogen) atoms. The number of para-hydroxylation sites is 2. The Labute approximate surface area is 233 Å². The van der Waals surface area contributed by atoms with Crippen LogP contribution in [0.25, 0.3) is 22.4 Å². The van der Waals surface area contributed by atoms with E-state index >= 15 is 0 Å². The minimum Gasteiger partial charge on any atom is -0.494 e. The number of anilines is 1. The number of rotatable bonds is 10. The molecule has 0 aliphatic rings. The topological polar surface area (TPSA) is 142 Å². The fourth-order valence-corrected chi connectivity index (χ4v) is 4.07. The van der Waals surface area contributed by atoms with Crippen molar-refractivity contribution >= 4 is 28.4 Å². The number of alkyl halides is 3. The molecule has 2 heterocycles. The van der Waals surface area contributed by atoms with Crippen LogP contribution in [-0.2, 0) is 17.4 Å². The number of amides is 2. The van der Waals surface area contributed by atoms with Gasteiger partial charge in [0.2, 0.25) is 11.8 Å². The Kier molecular flexibility index (Phi) is 8.77. The lowest BCUT2D eigenvalue weighted by Crippen LogP contribution is -2.42. The van der Waals surface area contributed by atoms with Crippen molar-refractivity contribution in [2.24, 2.45) is 5.73 Å². The summed E-state index contributed by atoms with van der Waals surface area (Å²) in [6.07, 6.45) is -4.52. The maximum Gasteiger partial charge on any atom is 0.433 e. The van der Waals surface area contributed by atoms with E-state index in [1.165, 1.54) is 26.2 Å². The van der Waals surface area contributed by atoms with Gasteiger partial charge in [0.05, 0.1) is 19.4 Å². The summed E-state index contributed by atoms with van der Waals surface area (Å²) in [6.45, 7) is 3.85. The van der Waals surface area contributed by atoms with E-state index in [0.717, 1.165) is 6.07 Å². The van der Waals surface area contributed by atoms with E-state index in [4.69, 9.17) is 19.6 Å². The van der Waals surface area contributed by atoms with Crippen molar-refractivity contribution in [1.29, 1.82) is 0 Å². The van der Waals surface area contributed by atoms with Crippen LogP contribution in [0.15, 0.2) is 52.9 Å². The molecule has 0 saturated heterocycles. The lowest BCUT2D eigenvalue weighted by atomic mass is 10.1. The lowest BCUT2D eigenvalue weighted by Gasteiger charge is -2.16. The van der Waals surface area contributed by atoms with Crippen molar-refractivity contribution in [2.75, 3.05) is 25.6 Å². The predicted molar refractivity (Wildman–Crippen MR) is 145 cm³/mol. The van der Waals surface area contributed by atoms with Crippen LogP contribution in [-0.4, -0.2) is 48.1 Å². The Morgan fingerprint density at radius 1 is 1.07 bits per heavy atom. The molecule has 4 rings (SSSR count). The van der Waals surface area contributed by atoms with E-state index in [2.05, 4.69) is 20.6 Å². The fourth-order valence-electron chi connectivity index (χ4n) is 4.07. The van der Waals surface area contributed by atoms with Gasteiger partial charge in [-0.15, -0.1) is 0 Å². The van der Waals surface area contributed by atoms with Crippen LogP contribution >= 0.6 is 0 Å². The van der Waals surface area contributed by atoms with E-state index < -0.39 is 29.7 Å². The maximum absolute atomic E-state index is 13.3. The van der Waals surface area contributed by atoms with Crippen LogP contribution in [0.1, 0.15) is 35.8 Å². The highest BCUT2D eigenvalue weighted by atomic mass is 19.4. The molecule has 0 aliphatic carbocycles. The molecule has 10 nitrogen and oxygen atoms in total. The summed E-state index contributed by atoms with van der Waals surface area (Å²) >= 11 is 0. The summed E-state index contributed by atoms with van der Waals surface area (Å²) in [7, 11) is 1.32. The first-order chi connectivity index (χ1) is 19.6. The van der Waals surface area contributed by atoms with Gasteiger partial charge >= 0.3 is 6.18 Å². The van der Waals surface area contributed by atoms with Gasteiger partial charge in [-0.25, -0.2) is 9.97 Å². The molecular weight excluding hydrogens is 543 g/mol. The summed E-state index contributed by atoms with van der Waals surface area (Å²) in [6, 6.07) is 11.0. The Balaban J connectivity index is 1.63. The van der Waals surface area contributed by atoms with Crippen molar-refractivity contribution in [3.05, 3.63) is 65.7 Å². The molecule has 4 aromatic rings. The molecule has 0 bridgehead atoms. The minimum atomic E-state index is -4.66. The lowest BCUT2D eigenvalue weighted by molar-refractivity contribution is -0.141. The number of hydrogen-bond acceptors (Lipinski definition) is 8. The van der Waals surface area contributed by atoms with Gasteiger partial charge in [-0.2, -0.15) is 13.2 Å². The molecule has 0 saturated carbocycles. The number of nitrogens with two attached hydrogens (primary N) is 1. The quantitative estimate of drug-likeness (QED) is 0.251. The van der Waals surface area contributed by atoms with Gasteiger partial charge in [0, 0.05) is 17.4 Å². The van der Waals surface area contributed by atoms with Gasteiger partial charge in [-0.05, 0) is 56.8 Å². The van der Waals surface area contributed by atoms with Crippen molar-refractivity contribution in [2.45, 2.75) is 32.5 Å². The average molecular weight is 572 g/mol. The molecule has 0 spiro atoms. The van der Waals surface area contributed by atoms with Gasteiger partial charge in [0.15, 0.2) is 5.69 Å². The molecule has 0 radical (unpaired) electrons. The number of nitrogens with one attached hydrogen (secondary N) is 2. The van der Waals surface area contributed by atoms with Crippen LogP contribution < -0.4 is 25.8 Å². The largest absolute Gasteiger partial charge is 0.494 e. The van der Waals surface area contributed by atoms with Gasteiger partial charge < -0.3 is 30.3 Å². The standard InChI is InChI=1S/C28H28F3N5O5/c1-4-40-19-8-6-5-7-18(19)34-25(37)15(2)33-26(38)24-21(13-14-32)41-27(36-24)17-9-11-20(39-3)23-16(17)10-12-22(35-23)28(29,30)31/h5-12,15H,4,13-14,32H2,1-3H3,(H,33,38)(H,34,37)/t15-/m1/s1. The fraction of sp³-hybridized carbons (Fsp3) is 0.286. The molecule has 2 amide bonds. The molecule has 216 valence electrons. The third-order valence-corrected chi connectivity index (χ3v) is 6.03. The van der Waals surface area contributed by atoms with Crippen molar-refractivity contribution in [1.82, 2.24) is 15.3 Å². The zero-order valence-corrected chi connectivity index (χ0v) is 22.5. The second-order valence-corrected chi connectivity index (χ2v) is 8.85. The van der Waals surface area contributed by atoms with Gasteiger partial charge in [-0.1, -0.05) is 12.1 Å². The molecule has 2 aromatic carbocycles. The van der Waals surface area contributed by atoms with Crippen molar-refractivity contribution in [3.63, 3.8) is 0 Å². The number of carbonyl (C=O) groups is 2. The molecule has 0 unspecified atom stereocenters. The summed E-state index contributed by atoms with van der Waals surface area (Å²) in [5.74, 6) is -0.473. The van der Waals surface area contributed by atoms with E-state index in [9.17, 15) is 22.8 Å². The zero-order chi connectivity index (χ0) is 29.7. The number of oxazole rings is 1. The number of fused-ring (bicyclic) bond motifs is 1. The molecule has 2 aromatic heterocycles. The van der Waals surface area contributed by atoms with Crippen LogP contribution in [0.2, 0.25) is 0 Å². The Morgan fingerprint density at radius 2 is 1.83 bits per heavy atom. The summed E-state index contributed by atoms with van der Waals surface area (Å²) in [5.41, 5.74) is 5.19. The summed E-state index contributed by atoms with van der Waals surface area (Å²) in [4.78, 5) is 34.1. The highest BCUT2D eigenvalue weighted by Crippen LogP contribution is 2.37. The highest BCUT2D eigenvalue weighted by molar-refractivity contribution is 6.02. The Morgan fingerprint density at radius 3 is 2.51 bits per heavy atom. The molecule has 1 atom stereocenters. The van der Waals surface area contributed by atoms with Gasteiger partial charge in [0.1, 0.15) is 34.5 Å². The number of ether oxygens (including phenoxy) is 2. The number of methoxy groups -OCH3 is 1. The monoisotopic (exact) mass is 571 g/mol. The van der Waals surface area contributed by atoms with Crippen LogP contribution in [0.3, 0.4) is 0 Å². The molecule has 0 fully saturated rings. The maximum atomic E-state index is 13.3. The molecule has 13 heteroatoms. The summed E-state index contributed by atoms with van der Waals surface area (Å²) in [5, 5.41) is 5.59. The van der Waals surface area contributed by atoms with Crippen LogP contribution in [0, 0.1) is 0 Å². The van der Waals surface area contributed by atoms with Gasteiger partial charge in [0.25, 0.3) is 5.91 Å². The van der Waals surface area contributed by atoms with Crippen LogP contribution in [0.5, 0.6) is 11.5 Å². The Bertz CT molecular complexity index is 1570. The van der Waals surface area contributed by atoms with E-state index in [0.29, 0.717) is 18.0 Å². The molecular formula is C28H28F3N5O5. The SMILES string of the molecule is CCOc1ccccc1NC(=O)[C@@H](C)NC(=O)c1nc(-c2ccc(OC)c3nc(C(F)(F)F)ccc23)oc1CCN. The normalized spacial score (nSPS) is 12.2. The van der Waals surface area contributed by atoms with E-state index in [1.54, 1.807) is 30.3 Å². The number of hydrogen-bond donors (Lipinski definition) is 3. The first-order valence-electron chi connectivity index (χ1n) is 12.7. The third-order valence-electron chi connectivity index (χ3n) is 6.03. The zero-order valence-electron chi connectivity index (χ0n) is 22.5. The molecule has 0 aliphatic heterocycles. The first-order valence-corrected chi connectivity index (χ1v) is 12.7. The second-order valence-electron chi connectivity index (χ2n) is 8.85. The first kappa shape index (κ1) is 29.3. The van der Waals surface area contributed by atoms with Crippen LogP contribution in [0.4, 0.5) is 18.9 Å². The van der Waals surface area contributed by atoms with Crippen molar-refractivity contribution < 1.29 is 36.7 Å². The van der Waals surface area contributed by atoms with Crippen molar-refractivity contribution in [3.8, 4) is 23.0 Å². The van der Waals surface area contributed by atoms with E-state index in [1.807, 2.05) is 6.92 Å². The predicted octanol–water partition coefficient (Wildman–Crippen LogP) is 4.57. The smallest absolute Gasteiger partial charge is 0.433 e. The molecule has 4 N–H and O–H groups in total. The van der Waals surface area contributed by atoms with Gasteiger partial charge in [-0.3, -0.25) is 9.59 Å². The number of nitrogens with zero attached hydrogens (tertiary/aromatic N) is 2. The summed E-state index contributed by atoms with van der Waals surface area (Å²) < 4.78 is 56.5. The second kappa shape index (κ2) is 12.3. The average Bonchev–Trinajstić information content (AvgIpc) is 3.36.